The molecule has 58 valence electrons. The number of hydrogen-bond acceptors (Lipinski definition) is 2. The number of ketones is 1. The Hall–Kier alpha value is -1.44. The van der Waals surface area contributed by atoms with Crippen LogP contribution in [0.4, 0.5) is 0 Å². The molecule has 0 spiro atoms. The quantitative estimate of drug-likeness (QED) is 0.345. The summed E-state index contributed by atoms with van der Waals surface area (Å²) in [6, 6.07) is 0. The number of rotatable bonds is 4. The van der Waals surface area contributed by atoms with Crippen LogP contribution in [0.1, 0.15) is 6.92 Å². The normalized spacial score (nSPS) is 10.6. The van der Waals surface area contributed by atoms with E-state index in [0.717, 1.165) is 0 Å². The molecule has 11 heavy (non-hydrogen) atoms. The van der Waals surface area contributed by atoms with E-state index in [4.69, 9.17) is 0 Å². The zero-order chi connectivity index (χ0) is 8.69. The highest BCUT2D eigenvalue weighted by Crippen LogP contribution is 1.93. The van der Waals surface area contributed by atoms with Gasteiger partial charge in [0.1, 0.15) is 6.29 Å². The topological polar surface area (TPSA) is 34.1 Å². The van der Waals surface area contributed by atoms with Crippen molar-refractivity contribution in [1.82, 2.24) is 0 Å². The standard InChI is InChI=1S/C9H10O2/c1-8(4-3-7-10)5-6-9(2)11/h3-7H,1H2,2H3/b4-3+,6-5-. The number of aldehydes is 1. The molecule has 0 aromatic carbocycles. The minimum absolute atomic E-state index is 0.0364. The van der Waals surface area contributed by atoms with Gasteiger partial charge < -0.3 is 0 Å². The summed E-state index contributed by atoms with van der Waals surface area (Å²) in [6.07, 6.45) is 6.48. The Kier molecular flexibility index (Phi) is 4.65. The molecule has 0 atom stereocenters. The summed E-state index contributed by atoms with van der Waals surface area (Å²) in [4.78, 5) is 20.2. The van der Waals surface area contributed by atoms with Gasteiger partial charge in [0.25, 0.3) is 0 Å². The Morgan fingerprint density at radius 1 is 1.27 bits per heavy atom. The van der Waals surface area contributed by atoms with Crippen molar-refractivity contribution in [3.8, 4) is 0 Å². The van der Waals surface area contributed by atoms with Crippen LogP contribution in [-0.4, -0.2) is 12.1 Å². The van der Waals surface area contributed by atoms with Crippen molar-refractivity contribution in [2.75, 3.05) is 0 Å². The van der Waals surface area contributed by atoms with E-state index in [-0.39, 0.29) is 5.78 Å². The highest BCUT2D eigenvalue weighted by atomic mass is 16.1. The van der Waals surface area contributed by atoms with Crippen LogP contribution < -0.4 is 0 Å². The lowest BCUT2D eigenvalue weighted by atomic mass is 10.2. The van der Waals surface area contributed by atoms with Crippen LogP contribution in [0.3, 0.4) is 0 Å². The third-order valence-electron chi connectivity index (χ3n) is 0.921. The molecule has 2 nitrogen and oxygen atoms in total. The molecular formula is C9H10O2. The zero-order valence-corrected chi connectivity index (χ0v) is 6.41. The molecule has 0 radical (unpaired) electrons. The van der Waals surface area contributed by atoms with Gasteiger partial charge in [-0.05, 0) is 24.6 Å². The second-order valence-corrected chi connectivity index (χ2v) is 2.01. The first-order chi connectivity index (χ1) is 5.16. The molecule has 0 N–H and O–H groups in total. The molecule has 0 saturated heterocycles. The predicted molar refractivity (Wildman–Crippen MR) is 44.2 cm³/mol. The summed E-state index contributed by atoms with van der Waals surface area (Å²) in [5.41, 5.74) is 0.632. The van der Waals surface area contributed by atoms with Crippen LogP contribution in [0.15, 0.2) is 36.5 Å². The van der Waals surface area contributed by atoms with Crippen molar-refractivity contribution in [1.29, 1.82) is 0 Å². The lowest BCUT2D eigenvalue weighted by molar-refractivity contribution is -0.112. The second-order valence-electron chi connectivity index (χ2n) is 2.01. The smallest absolute Gasteiger partial charge is 0.152 e. The summed E-state index contributed by atoms with van der Waals surface area (Å²) >= 11 is 0. The van der Waals surface area contributed by atoms with Gasteiger partial charge in [0.05, 0.1) is 0 Å². The number of allylic oxidation sites excluding steroid dienone is 5. The van der Waals surface area contributed by atoms with Crippen molar-refractivity contribution < 1.29 is 9.59 Å². The van der Waals surface area contributed by atoms with E-state index in [0.29, 0.717) is 11.9 Å². The monoisotopic (exact) mass is 150 g/mol. The Labute approximate surface area is 65.9 Å². The summed E-state index contributed by atoms with van der Waals surface area (Å²) in [6.45, 7) is 5.03. The maximum Gasteiger partial charge on any atom is 0.152 e. The van der Waals surface area contributed by atoms with Crippen molar-refractivity contribution in [3.05, 3.63) is 36.5 Å². The number of hydrogen-bond donors (Lipinski definition) is 0. The average Bonchev–Trinajstić information content (AvgIpc) is 1.97. The highest BCUT2D eigenvalue weighted by molar-refractivity contribution is 5.87. The average molecular weight is 150 g/mol. The van der Waals surface area contributed by atoms with Gasteiger partial charge in [-0.3, -0.25) is 9.59 Å². The predicted octanol–water partition coefficient (Wildman–Crippen LogP) is 1.44. The first kappa shape index (κ1) is 9.56. The molecule has 2 heteroatoms. The van der Waals surface area contributed by atoms with Gasteiger partial charge in [-0.2, -0.15) is 0 Å². The summed E-state index contributed by atoms with van der Waals surface area (Å²) < 4.78 is 0. The molecule has 0 aromatic heterocycles. The van der Waals surface area contributed by atoms with Gasteiger partial charge in [-0.15, -0.1) is 0 Å². The van der Waals surface area contributed by atoms with E-state index >= 15 is 0 Å². The maximum atomic E-state index is 10.4. The van der Waals surface area contributed by atoms with Gasteiger partial charge in [0.15, 0.2) is 5.78 Å². The third kappa shape index (κ3) is 6.45. The molecule has 0 fully saturated rings. The lowest BCUT2D eigenvalue weighted by Gasteiger charge is -1.84. The summed E-state index contributed by atoms with van der Waals surface area (Å²) in [7, 11) is 0. The minimum Gasteiger partial charge on any atom is -0.299 e. The minimum atomic E-state index is -0.0364. The molecular weight excluding hydrogens is 140 g/mol. The zero-order valence-electron chi connectivity index (χ0n) is 6.41. The van der Waals surface area contributed by atoms with Gasteiger partial charge in [-0.1, -0.05) is 18.7 Å². The fourth-order valence-electron chi connectivity index (χ4n) is 0.443. The van der Waals surface area contributed by atoms with Crippen molar-refractivity contribution in [2.24, 2.45) is 0 Å². The summed E-state index contributed by atoms with van der Waals surface area (Å²) in [5, 5.41) is 0. The first-order valence-electron chi connectivity index (χ1n) is 3.16. The molecule has 0 rings (SSSR count). The van der Waals surface area contributed by atoms with Gasteiger partial charge in [0.2, 0.25) is 0 Å². The first-order valence-corrected chi connectivity index (χ1v) is 3.16. The van der Waals surface area contributed by atoms with Crippen LogP contribution >= 0.6 is 0 Å². The fraction of sp³-hybridized carbons (Fsp3) is 0.111. The van der Waals surface area contributed by atoms with E-state index in [1.54, 1.807) is 6.08 Å². The second kappa shape index (κ2) is 5.35. The molecule has 0 heterocycles. The van der Waals surface area contributed by atoms with Gasteiger partial charge in [0, 0.05) is 0 Å². The lowest BCUT2D eigenvalue weighted by Crippen LogP contribution is -1.79. The van der Waals surface area contributed by atoms with Crippen LogP contribution in [0.2, 0.25) is 0 Å². The van der Waals surface area contributed by atoms with E-state index < -0.39 is 0 Å². The van der Waals surface area contributed by atoms with E-state index in [1.165, 1.54) is 25.2 Å². The largest absolute Gasteiger partial charge is 0.299 e. The van der Waals surface area contributed by atoms with E-state index in [9.17, 15) is 9.59 Å². The Morgan fingerprint density at radius 3 is 2.36 bits per heavy atom. The van der Waals surface area contributed by atoms with Crippen LogP contribution in [0.25, 0.3) is 0 Å². The van der Waals surface area contributed by atoms with E-state index in [2.05, 4.69) is 6.58 Å². The molecule has 0 unspecified atom stereocenters. The SMILES string of the molecule is C=C(/C=C\C(C)=O)/C=C/C=O. The van der Waals surface area contributed by atoms with Gasteiger partial charge >= 0.3 is 0 Å². The van der Waals surface area contributed by atoms with Crippen LogP contribution in [0.5, 0.6) is 0 Å². The number of carbonyl (C=O) groups excluding carboxylic acids is 2. The molecule has 0 aliphatic heterocycles. The summed E-state index contributed by atoms with van der Waals surface area (Å²) in [5.74, 6) is -0.0364. The molecule has 0 aromatic rings. The Morgan fingerprint density at radius 2 is 1.91 bits per heavy atom. The molecule has 0 saturated carbocycles. The van der Waals surface area contributed by atoms with Crippen molar-refractivity contribution in [2.45, 2.75) is 6.92 Å². The van der Waals surface area contributed by atoms with Crippen LogP contribution in [-0.2, 0) is 9.59 Å². The van der Waals surface area contributed by atoms with Crippen molar-refractivity contribution >= 4 is 12.1 Å². The Bertz CT molecular complexity index is 222. The fourth-order valence-corrected chi connectivity index (χ4v) is 0.443. The third-order valence-corrected chi connectivity index (χ3v) is 0.921. The Balaban J connectivity index is 3.97. The maximum absolute atomic E-state index is 10.4. The van der Waals surface area contributed by atoms with E-state index in [1.807, 2.05) is 0 Å². The van der Waals surface area contributed by atoms with Crippen LogP contribution in [0, 0.1) is 0 Å². The molecule has 0 aliphatic carbocycles. The number of carbonyl (C=O) groups is 2. The van der Waals surface area contributed by atoms with Gasteiger partial charge in [-0.25, -0.2) is 0 Å². The van der Waals surface area contributed by atoms with Crippen molar-refractivity contribution in [3.63, 3.8) is 0 Å². The highest BCUT2D eigenvalue weighted by Gasteiger charge is 1.82. The molecule has 0 aliphatic rings. The molecule has 0 bridgehead atoms. The molecule has 0 amide bonds.